The molecule has 5 nitrogen and oxygen atoms in total. The Morgan fingerprint density at radius 1 is 1.26 bits per heavy atom. The van der Waals surface area contributed by atoms with Gasteiger partial charge in [0, 0.05) is 31.9 Å². The second-order valence-electron chi connectivity index (χ2n) is 5.63. The van der Waals surface area contributed by atoms with Gasteiger partial charge in [0.15, 0.2) is 0 Å². The lowest BCUT2D eigenvalue weighted by molar-refractivity contribution is 0.0827. The van der Waals surface area contributed by atoms with Crippen LogP contribution in [-0.2, 0) is 6.54 Å². The number of anilines is 1. The highest BCUT2D eigenvalue weighted by molar-refractivity contribution is 5.93. The quantitative estimate of drug-likeness (QED) is 0.943. The molecular weight excluding hydrogens is 288 g/mol. The van der Waals surface area contributed by atoms with Crippen LogP contribution in [0.15, 0.2) is 30.3 Å². The van der Waals surface area contributed by atoms with Gasteiger partial charge in [-0.25, -0.2) is 0 Å². The number of aromatic nitrogens is 1. The average Bonchev–Trinajstić information content (AvgIpc) is 2.52. The molecule has 0 aliphatic carbocycles. The van der Waals surface area contributed by atoms with Crippen LogP contribution in [0.1, 0.15) is 32.9 Å². The summed E-state index contributed by atoms with van der Waals surface area (Å²) < 4.78 is 0. The van der Waals surface area contributed by atoms with E-state index >= 15 is 0 Å². The van der Waals surface area contributed by atoms with E-state index in [9.17, 15) is 10.1 Å². The minimum absolute atomic E-state index is 0.0170. The first-order chi connectivity index (χ1) is 10.9. The van der Waals surface area contributed by atoms with Crippen LogP contribution in [0, 0.1) is 25.2 Å². The van der Waals surface area contributed by atoms with Crippen LogP contribution >= 0.6 is 0 Å². The van der Waals surface area contributed by atoms with Gasteiger partial charge < -0.3 is 10.2 Å². The Morgan fingerprint density at radius 2 is 1.91 bits per heavy atom. The molecule has 118 valence electrons. The molecule has 0 radical (unpaired) electrons. The fourth-order valence-electron chi connectivity index (χ4n) is 2.33. The summed E-state index contributed by atoms with van der Waals surface area (Å²) in [6.45, 7) is 4.31. The Kier molecular flexibility index (Phi) is 4.97. The molecule has 0 fully saturated rings. The van der Waals surface area contributed by atoms with Crippen molar-refractivity contribution in [1.29, 1.82) is 5.26 Å². The Morgan fingerprint density at radius 3 is 2.48 bits per heavy atom. The van der Waals surface area contributed by atoms with E-state index in [2.05, 4.69) is 16.4 Å². The van der Waals surface area contributed by atoms with Crippen molar-refractivity contribution in [2.45, 2.75) is 20.4 Å². The molecule has 0 bridgehead atoms. The fraction of sp³-hybridized carbons (Fsp3) is 0.278. The summed E-state index contributed by atoms with van der Waals surface area (Å²) in [5.74, 6) is -0.0170. The Hall–Kier alpha value is -2.87. The predicted molar refractivity (Wildman–Crippen MR) is 90.2 cm³/mol. The molecule has 1 heterocycles. The normalized spacial score (nSPS) is 10.0. The van der Waals surface area contributed by atoms with Crippen LogP contribution in [0.5, 0.6) is 0 Å². The van der Waals surface area contributed by atoms with Crippen LogP contribution in [0.4, 0.5) is 5.69 Å². The van der Waals surface area contributed by atoms with E-state index in [0.29, 0.717) is 17.7 Å². The van der Waals surface area contributed by atoms with Crippen LogP contribution in [-0.4, -0.2) is 29.9 Å². The molecule has 1 amide bonds. The highest BCUT2D eigenvalue weighted by atomic mass is 16.2. The van der Waals surface area contributed by atoms with Gasteiger partial charge in [0.05, 0.1) is 16.9 Å². The van der Waals surface area contributed by atoms with Gasteiger partial charge in [-0.05, 0) is 37.6 Å². The number of hydrogen-bond donors (Lipinski definition) is 1. The van der Waals surface area contributed by atoms with Crippen molar-refractivity contribution in [2.24, 2.45) is 0 Å². The van der Waals surface area contributed by atoms with Gasteiger partial charge in [0.1, 0.15) is 6.07 Å². The summed E-state index contributed by atoms with van der Waals surface area (Å²) >= 11 is 0. The smallest absolute Gasteiger partial charge is 0.253 e. The summed E-state index contributed by atoms with van der Waals surface area (Å²) in [7, 11) is 3.46. The number of benzene rings is 1. The molecule has 1 N–H and O–H groups in total. The number of nitrogens with zero attached hydrogens (tertiary/aromatic N) is 3. The summed E-state index contributed by atoms with van der Waals surface area (Å²) in [6, 6.07) is 11.5. The van der Waals surface area contributed by atoms with E-state index in [4.69, 9.17) is 0 Å². The number of carbonyl (C=O) groups is 1. The van der Waals surface area contributed by atoms with Crippen LogP contribution in [0.25, 0.3) is 0 Å². The van der Waals surface area contributed by atoms with Crippen molar-refractivity contribution in [3.8, 4) is 6.07 Å². The second kappa shape index (κ2) is 6.93. The zero-order valence-corrected chi connectivity index (χ0v) is 13.8. The number of aryl methyl sites for hydroxylation is 2. The summed E-state index contributed by atoms with van der Waals surface area (Å²) in [6.07, 6.45) is 0. The summed E-state index contributed by atoms with van der Waals surface area (Å²) in [5, 5.41) is 12.5. The standard InChI is InChI=1S/C18H20N4O/c1-12-9-17(16(10-19)13(2)21-12)20-11-14-5-7-15(8-6-14)18(23)22(3)4/h5-9H,11H2,1-4H3,(H,20,21). The molecule has 2 aromatic rings. The molecule has 5 heteroatoms. The van der Waals surface area contributed by atoms with Gasteiger partial charge in [-0.15, -0.1) is 0 Å². The van der Waals surface area contributed by atoms with E-state index in [1.54, 1.807) is 19.0 Å². The third kappa shape index (κ3) is 3.86. The van der Waals surface area contributed by atoms with Crippen LogP contribution < -0.4 is 5.32 Å². The molecule has 23 heavy (non-hydrogen) atoms. The number of pyridine rings is 1. The SMILES string of the molecule is Cc1cc(NCc2ccc(C(=O)N(C)C)cc2)c(C#N)c(C)n1. The molecular formula is C18H20N4O. The summed E-state index contributed by atoms with van der Waals surface area (Å²) in [5.41, 5.74) is 4.64. The molecule has 0 saturated carbocycles. The number of nitrogens with one attached hydrogen (secondary N) is 1. The van der Waals surface area contributed by atoms with E-state index in [0.717, 1.165) is 22.6 Å². The fourth-order valence-corrected chi connectivity index (χ4v) is 2.33. The van der Waals surface area contributed by atoms with E-state index in [1.165, 1.54) is 0 Å². The largest absolute Gasteiger partial charge is 0.380 e. The van der Waals surface area contributed by atoms with Crippen LogP contribution in [0.2, 0.25) is 0 Å². The Labute approximate surface area is 136 Å². The number of rotatable bonds is 4. The van der Waals surface area contributed by atoms with E-state index < -0.39 is 0 Å². The Balaban J connectivity index is 2.13. The number of hydrogen-bond acceptors (Lipinski definition) is 4. The van der Waals surface area contributed by atoms with Gasteiger partial charge >= 0.3 is 0 Å². The van der Waals surface area contributed by atoms with Gasteiger partial charge in [-0.3, -0.25) is 9.78 Å². The zero-order chi connectivity index (χ0) is 17.0. The molecule has 0 unspecified atom stereocenters. The predicted octanol–water partition coefficient (Wildman–Crippen LogP) is 2.88. The Bertz CT molecular complexity index is 758. The number of nitriles is 1. The lowest BCUT2D eigenvalue weighted by Gasteiger charge is -2.12. The number of amides is 1. The molecule has 0 aliphatic rings. The highest BCUT2D eigenvalue weighted by Gasteiger charge is 2.09. The zero-order valence-electron chi connectivity index (χ0n) is 13.8. The lowest BCUT2D eigenvalue weighted by atomic mass is 10.1. The van der Waals surface area contributed by atoms with Crippen LogP contribution in [0.3, 0.4) is 0 Å². The molecule has 0 saturated heterocycles. The topological polar surface area (TPSA) is 69.0 Å². The maximum absolute atomic E-state index is 11.9. The molecule has 0 spiro atoms. The van der Waals surface area contributed by atoms with Gasteiger partial charge in [-0.2, -0.15) is 5.26 Å². The molecule has 2 rings (SSSR count). The van der Waals surface area contributed by atoms with Crippen molar-refractivity contribution >= 4 is 11.6 Å². The highest BCUT2D eigenvalue weighted by Crippen LogP contribution is 2.19. The minimum Gasteiger partial charge on any atom is -0.380 e. The molecule has 0 aliphatic heterocycles. The van der Waals surface area contributed by atoms with Gasteiger partial charge in [-0.1, -0.05) is 12.1 Å². The monoisotopic (exact) mass is 308 g/mol. The molecule has 1 aromatic heterocycles. The third-order valence-electron chi connectivity index (χ3n) is 3.53. The number of carbonyl (C=O) groups excluding carboxylic acids is 1. The maximum Gasteiger partial charge on any atom is 0.253 e. The molecule has 0 atom stereocenters. The first kappa shape index (κ1) is 16.5. The van der Waals surface area contributed by atoms with Gasteiger partial charge in [0.2, 0.25) is 0 Å². The first-order valence-corrected chi connectivity index (χ1v) is 7.35. The lowest BCUT2D eigenvalue weighted by Crippen LogP contribution is -2.21. The van der Waals surface area contributed by atoms with E-state index in [-0.39, 0.29) is 5.91 Å². The van der Waals surface area contributed by atoms with E-state index in [1.807, 2.05) is 44.2 Å². The average molecular weight is 308 g/mol. The second-order valence-corrected chi connectivity index (χ2v) is 5.63. The molecule has 1 aromatic carbocycles. The van der Waals surface area contributed by atoms with Crippen molar-refractivity contribution in [2.75, 3.05) is 19.4 Å². The van der Waals surface area contributed by atoms with Crippen molar-refractivity contribution in [1.82, 2.24) is 9.88 Å². The third-order valence-corrected chi connectivity index (χ3v) is 3.53. The van der Waals surface area contributed by atoms with Crippen molar-refractivity contribution in [3.63, 3.8) is 0 Å². The first-order valence-electron chi connectivity index (χ1n) is 7.35. The van der Waals surface area contributed by atoms with Gasteiger partial charge in [0.25, 0.3) is 5.91 Å². The summed E-state index contributed by atoms with van der Waals surface area (Å²) in [4.78, 5) is 17.7. The van der Waals surface area contributed by atoms with Crippen molar-refractivity contribution in [3.05, 3.63) is 58.4 Å². The minimum atomic E-state index is -0.0170. The maximum atomic E-state index is 11.9. The van der Waals surface area contributed by atoms with Crippen molar-refractivity contribution < 1.29 is 4.79 Å².